The second-order valence-electron chi connectivity index (χ2n) is 5.71. The zero-order chi connectivity index (χ0) is 14.1. The lowest BCUT2D eigenvalue weighted by molar-refractivity contribution is -0.0236. The molecule has 106 valence electrons. The van der Waals surface area contributed by atoms with Crippen LogP contribution in [-0.2, 0) is 11.3 Å². The molecule has 0 amide bonds. The molecule has 0 radical (unpaired) electrons. The molecular weight excluding hydrogens is 272 g/mol. The third kappa shape index (κ3) is 2.62. The Hall–Kier alpha value is -1.29. The highest BCUT2D eigenvalue weighted by Crippen LogP contribution is 2.40. The van der Waals surface area contributed by atoms with E-state index in [1.807, 2.05) is 12.3 Å². The molecule has 0 spiro atoms. The van der Waals surface area contributed by atoms with Gasteiger partial charge in [0.05, 0.1) is 11.3 Å². The fraction of sp³-hybridized carbons (Fsp3) is 0.600. The highest BCUT2D eigenvalue weighted by Gasteiger charge is 2.32. The Kier molecular flexibility index (Phi) is 3.83. The number of aromatic nitrogens is 1. The summed E-state index contributed by atoms with van der Waals surface area (Å²) >= 11 is 4.64. The fourth-order valence-corrected chi connectivity index (χ4v) is 2.96. The van der Waals surface area contributed by atoms with Crippen molar-refractivity contribution in [2.45, 2.75) is 44.2 Å². The van der Waals surface area contributed by atoms with E-state index in [9.17, 15) is 4.79 Å². The average Bonchev–Trinajstić information content (AvgIpc) is 3.23. The average molecular weight is 290 g/mol. The third-order valence-electron chi connectivity index (χ3n) is 4.38. The predicted octanol–water partition coefficient (Wildman–Crippen LogP) is 2.89. The minimum absolute atomic E-state index is 0.0755. The second-order valence-corrected chi connectivity index (χ2v) is 5.89. The van der Waals surface area contributed by atoms with Gasteiger partial charge in [-0.3, -0.25) is 4.79 Å². The molecule has 2 saturated carbocycles. The molecule has 2 atom stereocenters. The van der Waals surface area contributed by atoms with Crippen LogP contribution in [0, 0.1) is 5.92 Å². The first-order valence-electron chi connectivity index (χ1n) is 7.08. The van der Waals surface area contributed by atoms with Crippen LogP contribution < -0.4 is 5.56 Å². The quantitative estimate of drug-likeness (QED) is 0.618. The predicted molar refractivity (Wildman–Crippen MR) is 80.9 cm³/mol. The molecule has 1 aromatic rings. The Morgan fingerprint density at radius 2 is 2.25 bits per heavy atom. The summed E-state index contributed by atoms with van der Waals surface area (Å²) in [6.45, 7) is 0.706. The highest BCUT2D eigenvalue weighted by atomic mass is 32.1. The smallest absolute Gasteiger partial charge is 0.277 e. The zero-order valence-corrected chi connectivity index (χ0v) is 12.4. The molecule has 2 fully saturated rings. The molecule has 3 rings (SSSR count). The lowest BCUT2D eigenvalue weighted by atomic mass is 9.81. The Labute approximate surface area is 123 Å². The summed E-state index contributed by atoms with van der Waals surface area (Å²) in [6, 6.07) is 1.87. The van der Waals surface area contributed by atoms with Gasteiger partial charge in [0, 0.05) is 25.8 Å². The molecule has 0 aromatic carbocycles. The van der Waals surface area contributed by atoms with E-state index in [1.165, 1.54) is 18.4 Å². The van der Waals surface area contributed by atoms with Gasteiger partial charge in [0.2, 0.25) is 0 Å². The number of pyridine rings is 1. The fourth-order valence-electron chi connectivity index (χ4n) is 2.86. The van der Waals surface area contributed by atoms with E-state index in [4.69, 9.17) is 4.74 Å². The molecule has 20 heavy (non-hydrogen) atoms. The molecular formula is C15H18N2O2S. The van der Waals surface area contributed by atoms with E-state index < -0.39 is 0 Å². The van der Waals surface area contributed by atoms with Crippen molar-refractivity contribution in [1.29, 1.82) is 0 Å². The van der Waals surface area contributed by atoms with Gasteiger partial charge in [-0.05, 0) is 55.4 Å². The normalized spacial score (nSPS) is 24.9. The SMILES string of the molecule is COC1CCC1Cn1cc(C2CC2)cc(N=C=S)c1=O. The minimum Gasteiger partial charge on any atom is -0.381 e. The molecule has 2 aliphatic rings. The Balaban J connectivity index is 1.91. The first-order valence-corrected chi connectivity index (χ1v) is 7.48. The number of hydrogen-bond acceptors (Lipinski definition) is 4. The molecule has 1 heterocycles. The molecule has 2 unspecified atom stereocenters. The summed E-state index contributed by atoms with van der Waals surface area (Å²) in [5, 5.41) is 2.31. The van der Waals surface area contributed by atoms with Gasteiger partial charge in [-0.1, -0.05) is 0 Å². The molecule has 2 aliphatic carbocycles. The summed E-state index contributed by atoms with van der Waals surface area (Å²) in [6.07, 6.45) is 6.87. The van der Waals surface area contributed by atoms with E-state index in [2.05, 4.69) is 22.4 Å². The lowest BCUT2D eigenvalue weighted by Gasteiger charge is -2.35. The molecule has 4 nitrogen and oxygen atoms in total. The van der Waals surface area contributed by atoms with Gasteiger partial charge in [0.1, 0.15) is 5.69 Å². The largest absolute Gasteiger partial charge is 0.381 e. The van der Waals surface area contributed by atoms with Crippen LogP contribution >= 0.6 is 12.2 Å². The van der Waals surface area contributed by atoms with Crippen molar-refractivity contribution >= 4 is 23.1 Å². The number of hydrogen-bond donors (Lipinski definition) is 0. The van der Waals surface area contributed by atoms with E-state index in [-0.39, 0.29) is 11.7 Å². The van der Waals surface area contributed by atoms with Crippen molar-refractivity contribution in [3.8, 4) is 0 Å². The number of ether oxygens (including phenoxy) is 1. The summed E-state index contributed by atoms with van der Waals surface area (Å²) in [4.78, 5) is 16.3. The van der Waals surface area contributed by atoms with Crippen molar-refractivity contribution < 1.29 is 4.74 Å². The first kappa shape index (κ1) is 13.7. The monoisotopic (exact) mass is 290 g/mol. The summed E-state index contributed by atoms with van der Waals surface area (Å²) in [5.74, 6) is 1.01. The van der Waals surface area contributed by atoms with Crippen LogP contribution in [0.25, 0.3) is 0 Å². The first-order chi connectivity index (χ1) is 9.72. The van der Waals surface area contributed by atoms with Crippen LogP contribution in [0.5, 0.6) is 0 Å². The molecule has 0 N–H and O–H groups in total. The van der Waals surface area contributed by atoms with Gasteiger partial charge in [-0.2, -0.15) is 4.99 Å². The van der Waals surface area contributed by atoms with Crippen LogP contribution in [0.1, 0.15) is 37.2 Å². The number of nitrogens with zero attached hydrogens (tertiary/aromatic N) is 2. The molecule has 0 bridgehead atoms. The molecule has 5 heteroatoms. The van der Waals surface area contributed by atoms with Crippen molar-refractivity contribution in [3.63, 3.8) is 0 Å². The third-order valence-corrected chi connectivity index (χ3v) is 4.48. The minimum atomic E-state index is -0.0755. The van der Waals surface area contributed by atoms with Crippen LogP contribution in [-0.4, -0.2) is 22.9 Å². The standard InChI is InChI=1S/C15H18N2O2S/c1-19-14-5-4-11(14)7-17-8-12(10-2-3-10)6-13(15(17)18)16-9-20/h6,8,10-11,14H,2-5,7H2,1H3. The van der Waals surface area contributed by atoms with Crippen LogP contribution in [0.3, 0.4) is 0 Å². The highest BCUT2D eigenvalue weighted by molar-refractivity contribution is 7.78. The van der Waals surface area contributed by atoms with Gasteiger partial charge in [-0.15, -0.1) is 0 Å². The second kappa shape index (κ2) is 5.60. The van der Waals surface area contributed by atoms with Crippen molar-refractivity contribution in [2.24, 2.45) is 10.9 Å². The maximum atomic E-state index is 12.4. The van der Waals surface area contributed by atoms with Crippen LogP contribution in [0.4, 0.5) is 5.69 Å². The van der Waals surface area contributed by atoms with E-state index in [1.54, 1.807) is 11.7 Å². The van der Waals surface area contributed by atoms with E-state index >= 15 is 0 Å². The topological polar surface area (TPSA) is 43.6 Å². The van der Waals surface area contributed by atoms with Crippen molar-refractivity contribution in [1.82, 2.24) is 4.57 Å². The van der Waals surface area contributed by atoms with Gasteiger partial charge in [0.15, 0.2) is 0 Å². The van der Waals surface area contributed by atoms with Crippen molar-refractivity contribution in [3.05, 3.63) is 28.2 Å². The Morgan fingerprint density at radius 3 is 2.80 bits per heavy atom. The van der Waals surface area contributed by atoms with Gasteiger partial charge >= 0.3 is 0 Å². The summed E-state index contributed by atoms with van der Waals surface area (Å²) < 4.78 is 7.20. The van der Waals surface area contributed by atoms with E-state index in [0.717, 1.165) is 12.8 Å². The number of isothiocyanates is 1. The molecule has 0 aliphatic heterocycles. The number of aliphatic imine (C=N–C) groups is 1. The summed E-state index contributed by atoms with van der Waals surface area (Å²) in [7, 11) is 1.74. The maximum absolute atomic E-state index is 12.4. The maximum Gasteiger partial charge on any atom is 0.277 e. The van der Waals surface area contributed by atoms with Gasteiger partial charge in [-0.25, -0.2) is 0 Å². The Morgan fingerprint density at radius 1 is 1.45 bits per heavy atom. The van der Waals surface area contributed by atoms with Gasteiger partial charge in [0.25, 0.3) is 5.56 Å². The lowest BCUT2D eigenvalue weighted by Crippen LogP contribution is -2.38. The zero-order valence-electron chi connectivity index (χ0n) is 11.5. The molecule has 1 aromatic heterocycles. The summed E-state index contributed by atoms with van der Waals surface area (Å²) in [5.41, 5.74) is 1.54. The Bertz CT molecular complexity index is 613. The van der Waals surface area contributed by atoms with Crippen molar-refractivity contribution in [2.75, 3.05) is 7.11 Å². The number of rotatable bonds is 5. The van der Waals surface area contributed by atoms with Crippen LogP contribution in [0.2, 0.25) is 0 Å². The number of methoxy groups -OCH3 is 1. The van der Waals surface area contributed by atoms with E-state index in [0.29, 0.717) is 24.1 Å². The number of thiocarbonyl (C=S) groups is 1. The van der Waals surface area contributed by atoms with Crippen LogP contribution in [0.15, 0.2) is 22.1 Å². The molecule has 0 saturated heterocycles. The van der Waals surface area contributed by atoms with Gasteiger partial charge < -0.3 is 9.30 Å².